The molecule has 1 fully saturated rings. The maximum atomic E-state index is 12.7. The van der Waals surface area contributed by atoms with Crippen LogP contribution in [0.25, 0.3) is 0 Å². The number of hydrogen-bond acceptors (Lipinski definition) is 5. The van der Waals surface area contributed by atoms with E-state index in [0.717, 1.165) is 19.6 Å². The highest BCUT2D eigenvalue weighted by Gasteiger charge is 2.24. The summed E-state index contributed by atoms with van der Waals surface area (Å²) < 4.78 is 0. The molecule has 27 heavy (non-hydrogen) atoms. The first-order valence-corrected chi connectivity index (χ1v) is 9.62. The smallest absolute Gasteiger partial charge is 0.274 e. The van der Waals surface area contributed by atoms with Crippen molar-refractivity contribution in [3.63, 3.8) is 0 Å². The van der Waals surface area contributed by atoms with E-state index in [0.29, 0.717) is 30.5 Å². The quantitative estimate of drug-likeness (QED) is 0.880. The van der Waals surface area contributed by atoms with Crippen LogP contribution in [0.1, 0.15) is 35.5 Å². The number of nitrogens with one attached hydrogen (secondary N) is 1. The van der Waals surface area contributed by atoms with Crippen LogP contribution in [-0.2, 0) is 0 Å². The molecule has 1 saturated heterocycles. The molecular weight excluding hydrogens is 338 g/mol. The Hall–Kier alpha value is -2.63. The van der Waals surface area contributed by atoms with Crippen LogP contribution in [0.15, 0.2) is 30.6 Å². The Bertz CT molecular complexity index is 780. The molecular formula is C21H29N5O. The molecule has 0 radical (unpaired) electrons. The molecule has 1 amide bonds. The van der Waals surface area contributed by atoms with Gasteiger partial charge < -0.3 is 15.1 Å². The molecule has 1 aliphatic rings. The predicted molar refractivity (Wildman–Crippen MR) is 109 cm³/mol. The third-order valence-corrected chi connectivity index (χ3v) is 5.05. The van der Waals surface area contributed by atoms with Crippen LogP contribution in [0.4, 0.5) is 11.5 Å². The van der Waals surface area contributed by atoms with Crippen LogP contribution in [0, 0.1) is 19.8 Å². The molecule has 1 aromatic carbocycles. The van der Waals surface area contributed by atoms with Crippen LogP contribution in [0.5, 0.6) is 0 Å². The lowest BCUT2D eigenvalue weighted by molar-refractivity contribution is 0.0740. The molecule has 1 aliphatic heterocycles. The molecule has 0 saturated carbocycles. The van der Waals surface area contributed by atoms with E-state index in [-0.39, 0.29) is 5.91 Å². The molecule has 0 aliphatic carbocycles. The molecule has 3 rings (SSSR count). The van der Waals surface area contributed by atoms with E-state index in [1.165, 1.54) is 16.8 Å². The number of benzene rings is 1. The van der Waals surface area contributed by atoms with Gasteiger partial charge in [-0.25, -0.2) is 9.97 Å². The van der Waals surface area contributed by atoms with E-state index in [4.69, 9.17) is 0 Å². The van der Waals surface area contributed by atoms with Gasteiger partial charge >= 0.3 is 0 Å². The fraction of sp³-hybridized carbons (Fsp3) is 0.476. The Kier molecular flexibility index (Phi) is 5.94. The van der Waals surface area contributed by atoms with Gasteiger partial charge in [-0.3, -0.25) is 4.79 Å². The van der Waals surface area contributed by atoms with Crippen molar-refractivity contribution in [1.29, 1.82) is 0 Å². The zero-order chi connectivity index (χ0) is 19.4. The van der Waals surface area contributed by atoms with Crippen LogP contribution >= 0.6 is 0 Å². The van der Waals surface area contributed by atoms with Crippen molar-refractivity contribution in [3.05, 3.63) is 47.4 Å². The average Bonchev–Trinajstić information content (AvgIpc) is 2.68. The Morgan fingerprint density at radius 2 is 1.85 bits per heavy atom. The number of nitrogens with zero attached hydrogens (tertiary/aromatic N) is 4. The van der Waals surface area contributed by atoms with Crippen molar-refractivity contribution in [2.75, 3.05) is 42.9 Å². The third-order valence-electron chi connectivity index (χ3n) is 5.05. The Labute approximate surface area is 161 Å². The minimum atomic E-state index is -0.0430. The summed E-state index contributed by atoms with van der Waals surface area (Å²) in [5.41, 5.74) is 4.29. The van der Waals surface area contributed by atoms with Gasteiger partial charge in [0.25, 0.3) is 5.91 Å². The second-order valence-electron chi connectivity index (χ2n) is 7.56. The molecule has 0 atom stereocenters. The van der Waals surface area contributed by atoms with Crippen LogP contribution < -0.4 is 10.2 Å². The van der Waals surface area contributed by atoms with Gasteiger partial charge in [0.05, 0.1) is 12.4 Å². The predicted octanol–water partition coefficient (Wildman–Crippen LogP) is 3.12. The summed E-state index contributed by atoms with van der Waals surface area (Å²) in [4.78, 5) is 25.6. The summed E-state index contributed by atoms with van der Waals surface area (Å²) in [7, 11) is 0. The first-order valence-electron chi connectivity index (χ1n) is 9.62. The van der Waals surface area contributed by atoms with Crippen LogP contribution in [0.3, 0.4) is 0 Å². The largest absolute Gasteiger partial charge is 0.369 e. The van der Waals surface area contributed by atoms with E-state index < -0.39 is 0 Å². The Morgan fingerprint density at radius 3 is 2.48 bits per heavy atom. The second kappa shape index (κ2) is 8.37. The zero-order valence-electron chi connectivity index (χ0n) is 16.7. The van der Waals surface area contributed by atoms with Crippen LogP contribution in [0.2, 0.25) is 0 Å². The number of carbonyl (C=O) groups is 1. The fourth-order valence-electron chi connectivity index (χ4n) is 3.23. The number of hydrogen-bond donors (Lipinski definition) is 1. The Balaban J connectivity index is 1.59. The second-order valence-corrected chi connectivity index (χ2v) is 7.56. The molecule has 0 spiro atoms. The molecule has 6 heteroatoms. The molecule has 2 aromatic rings. The number of rotatable bonds is 5. The van der Waals surface area contributed by atoms with Crippen molar-refractivity contribution in [2.45, 2.75) is 27.7 Å². The summed E-state index contributed by atoms with van der Waals surface area (Å²) in [6.45, 7) is 12.5. The van der Waals surface area contributed by atoms with Crippen molar-refractivity contribution in [2.24, 2.45) is 5.92 Å². The standard InChI is InChI=1S/C21H29N5O/c1-15(2)12-23-20-14-22-18(13-24-20)21(27)26-10-8-25(9-11-26)19-7-5-6-16(3)17(19)4/h5-7,13-15H,8-12H2,1-4H3,(H,23,24). The number of aromatic nitrogens is 2. The first-order chi connectivity index (χ1) is 13.0. The molecule has 1 aromatic heterocycles. The lowest BCUT2D eigenvalue weighted by Gasteiger charge is -2.36. The van der Waals surface area contributed by atoms with Gasteiger partial charge in [-0.15, -0.1) is 0 Å². The highest BCUT2D eigenvalue weighted by Crippen LogP contribution is 2.24. The van der Waals surface area contributed by atoms with E-state index in [9.17, 15) is 4.79 Å². The van der Waals surface area contributed by atoms with Crippen molar-refractivity contribution in [1.82, 2.24) is 14.9 Å². The maximum Gasteiger partial charge on any atom is 0.274 e. The highest BCUT2D eigenvalue weighted by molar-refractivity contribution is 5.92. The molecule has 144 valence electrons. The summed E-state index contributed by atoms with van der Waals surface area (Å²) in [5.74, 6) is 1.19. The lowest BCUT2D eigenvalue weighted by atomic mass is 10.1. The lowest BCUT2D eigenvalue weighted by Crippen LogP contribution is -2.49. The van der Waals surface area contributed by atoms with Crippen molar-refractivity contribution in [3.8, 4) is 0 Å². The third kappa shape index (κ3) is 4.56. The van der Waals surface area contributed by atoms with Crippen LogP contribution in [-0.4, -0.2) is 53.5 Å². The van der Waals surface area contributed by atoms with Gasteiger partial charge in [0.2, 0.25) is 0 Å². The Morgan fingerprint density at radius 1 is 1.11 bits per heavy atom. The van der Waals surface area contributed by atoms with Gasteiger partial charge in [-0.2, -0.15) is 0 Å². The number of piperazine rings is 1. The van der Waals surface area contributed by atoms with Gasteiger partial charge in [0.15, 0.2) is 0 Å². The molecule has 1 N–H and O–H groups in total. The maximum absolute atomic E-state index is 12.7. The van der Waals surface area contributed by atoms with Crippen molar-refractivity contribution < 1.29 is 4.79 Å². The minimum Gasteiger partial charge on any atom is -0.369 e. The molecule has 0 bridgehead atoms. The number of anilines is 2. The number of carbonyl (C=O) groups excluding carboxylic acids is 1. The van der Waals surface area contributed by atoms with Gasteiger partial charge in [0.1, 0.15) is 11.5 Å². The average molecular weight is 367 g/mol. The molecule has 2 heterocycles. The summed E-state index contributed by atoms with van der Waals surface area (Å²) in [5, 5.41) is 3.22. The topological polar surface area (TPSA) is 61.4 Å². The number of aryl methyl sites for hydroxylation is 1. The highest BCUT2D eigenvalue weighted by atomic mass is 16.2. The first kappa shape index (κ1) is 19.1. The summed E-state index contributed by atoms with van der Waals surface area (Å²) >= 11 is 0. The summed E-state index contributed by atoms with van der Waals surface area (Å²) in [6.07, 6.45) is 3.21. The van der Waals surface area contributed by atoms with E-state index in [1.807, 2.05) is 4.90 Å². The van der Waals surface area contributed by atoms with E-state index in [2.05, 4.69) is 66.1 Å². The minimum absolute atomic E-state index is 0.0430. The van der Waals surface area contributed by atoms with E-state index in [1.54, 1.807) is 12.4 Å². The fourth-order valence-corrected chi connectivity index (χ4v) is 3.23. The van der Waals surface area contributed by atoms with Gasteiger partial charge in [-0.1, -0.05) is 26.0 Å². The normalized spacial score (nSPS) is 14.6. The monoisotopic (exact) mass is 367 g/mol. The van der Waals surface area contributed by atoms with Crippen molar-refractivity contribution >= 4 is 17.4 Å². The zero-order valence-corrected chi connectivity index (χ0v) is 16.7. The van der Waals surface area contributed by atoms with E-state index >= 15 is 0 Å². The van der Waals surface area contributed by atoms with Gasteiger partial charge in [0, 0.05) is 38.4 Å². The summed E-state index contributed by atoms with van der Waals surface area (Å²) in [6, 6.07) is 6.39. The molecule has 6 nitrogen and oxygen atoms in total. The molecule has 0 unspecified atom stereocenters. The number of amides is 1. The SMILES string of the molecule is Cc1cccc(N2CCN(C(=O)c3cnc(NCC(C)C)cn3)CC2)c1C. The van der Waals surface area contributed by atoms with Gasteiger partial charge in [-0.05, 0) is 37.0 Å².